The largest absolute Gasteiger partial charge is 0.0883 e. The Morgan fingerprint density at radius 3 is 1.81 bits per heavy atom. The topological polar surface area (TPSA) is 0 Å². The summed E-state index contributed by atoms with van der Waals surface area (Å²) in [5.41, 5.74) is 0. The second kappa shape index (κ2) is 9.93. The molecule has 1 atom stereocenters. The van der Waals surface area contributed by atoms with Gasteiger partial charge in [-0.2, -0.15) is 0 Å². The van der Waals surface area contributed by atoms with E-state index in [9.17, 15) is 0 Å². The molecule has 16 heavy (non-hydrogen) atoms. The summed E-state index contributed by atoms with van der Waals surface area (Å²) in [5.74, 6) is 0.810. The van der Waals surface area contributed by atoms with Gasteiger partial charge in [0.05, 0.1) is 0 Å². The molecular formula is C16H30. The van der Waals surface area contributed by atoms with Crippen molar-refractivity contribution in [3.8, 4) is 0 Å². The Hall–Kier alpha value is -0.260. The Morgan fingerprint density at radius 2 is 1.19 bits per heavy atom. The zero-order valence-electron chi connectivity index (χ0n) is 11.2. The zero-order chi connectivity index (χ0) is 11.5. The van der Waals surface area contributed by atoms with E-state index in [-0.39, 0.29) is 0 Å². The van der Waals surface area contributed by atoms with Gasteiger partial charge in [-0.15, -0.1) is 0 Å². The minimum atomic E-state index is 0.810. The van der Waals surface area contributed by atoms with Crippen molar-refractivity contribution >= 4 is 0 Å². The van der Waals surface area contributed by atoms with Crippen LogP contribution in [0.15, 0.2) is 12.2 Å². The van der Waals surface area contributed by atoms with E-state index in [0.29, 0.717) is 0 Å². The maximum Gasteiger partial charge on any atom is -0.0262 e. The summed E-state index contributed by atoms with van der Waals surface area (Å²) in [6.07, 6.45) is 22.2. The van der Waals surface area contributed by atoms with Crippen LogP contribution >= 0.6 is 0 Å². The fraction of sp³-hybridized carbons (Fsp3) is 0.875. The Bertz CT molecular complexity index is 169. The maximum atomic E-state index is 2.44. The van der Waals surface area contributed by atoms with E-state index in [0.717, 1.165) is 5.92 Å². The van der Waals surface area contributed by atoms with Crippen LogP contribution < -0.4 is 0 Å². The van der Waals surface area contributed by atoms with Crippen molar-refractivity contribution in [2.45, 2.75) is 84.0 Å². The van der Waals surface area contributed by atoms with E-state index in [1.54, 1.807) is 0 Å². The molecule has 0 saturated heterocycles. The second-order valence-corrected chi connectivity index (χ2v) is 5.52. The van der Waals surface area contributed by atoms with Crippen molar-refractivity contribution < 1.29 is 0 Å². The monoisotopic (exact) mass is 222 g/mol. The molecule has 0 heterocycles. The Morgan fingerprint density at radius 1 is 0.688 bits per heavy atom. The maximum absolute atomic E-state index is 2.44. The molecule has 1 rings (SSSR count). The lowest BCUT2D eigenvalue weighted by molar-refractivity contribution is 0.528. The molecule has 0 radical (unpaired) electrons. The SMILES string of the molecule is CC1/C=C\CCCCCCCCCCCC1. The molecule has 0 nitrogen and oxygen atoms in total. The van der Waals surface area contributed by atoms with Crippen molar-refractivity contribution in [2.75, 3.05) is 0 Å². The fourth-order valence-electron chi connectivity index (χ4n) is 2.57. The highest BCUT2D eigenvalue weighted by atomic mass is 14.0. The summed E-state index contributed by atoms with van der Waals surface area (Å²) < 4.78 is 0. The van der Waals surface area contributed by atoms with Crippen LogP contribution in [-0.2, 0) is 0 Å². The Balaban J connectivity index is 2.18. The van der Waals surface area contributed by atoms with Gasteiger partial charge in [-0.05, 0) is 25.2 Å². The predicted molar refractivity (Wildman–Crippen MR) is 73.7 cm³/mol. The molecular weight excluding hydrogens is 192 g/mol. The molecule has 0 aromatic rings. The molecule has 1 aliphatic carbocycles. The van der Waals surface area contributed by atoms with E-state index >= 15 is 0 Å². The van der Waals surface area contributed by atoms with Crippen LogP contribution in [0.2, 0.25) is 0 Å². The first-order valence-electron chi connectivity index (χ1n) is 7.56. The lowest BCUT2D eigenvalue weighted by atomic mass is 10.0. The van der Waals surface area contributed by atoms with Gasteiger partial charge in [0.2, 0.25) is 0 Å². The normalized spacial score (nSPS) is 28.9. The van der Waals surface area contributed by atoms with Gasteiger partial charge in [-0.1, -0.05) is 76.9 Å². The van der Waals surface area contributed by atoms with Crippen LogP contribution in [0.5, 0.6) is 0 Å². The van der Waals surface area contributed by atoms with Crippen molar-refractivity contribution in [3.05, 3.63) is 12.2 Å². The molecule has 94 valence electrons. The van der Waals surface area contributed by atoms with Crippen LogP contribution in [0.25, 0.3) is 0 Å². The van der Waals surface area contributed by atoms with Gasteiger partial charge in [-0.3, -0.25) is 0 Å². The molecule has 0 aromatic carbocycles. The first kappa shape index (κ1) is 13.8. The van der Waals surface area contributed by atoms with Gasteiger partial charge in [0, 0.05) is 0 Å². The zero-order valence-corrected chi connectivity index (χ0v) is 11.2. The molecule has 0 aliphatic heterocycles. The van der Waals surface area contributed by atoms with Gasteiger partial charge < -0.3 is 0 Å². The van der Waals surface area contributed by atoms with Crippen molar-refractivity contribution in [3.63, 3.8) is 0 Å². The summed E-state index contributed by atoms with van der Waals surface area (Å²) >= 11 is 0. The second-order valence-electron chi connectivity index (χ2n) is 5.52. The van der Waals surface area contributed by atoms with Crippen LogP contribution in [0.3, 0.4) is 0 Å². The van der Waals surface area contributed by atoms with Crippen molar-refractivity contribution in [2.24, 2.45) is 5.92 Å². The molecule has 0 bridgehead atoms. The average molecular weight is 222 g/mol. The molecule has 0 heteroatoms. The van der Waals surface area contributed by atoms with Gasteiger partial charge in [-0.25, -0.2) is 0 Å². The molecule has 0 spiro atoms. The van der Waals surface area contributed by atoms with E-state index in [2.05, 4.69) is 19.1 Å². The van der Waals surface area contributed by atoms with Gasteiger partial charge in [0.1, 0.15) is 0 Å². The third kappa shape index (κ3) is 7.96. The smallest absolute Gasteiger partial charge is 0.0262 e. The van der Waals surface area contributed by atoms with Gasteiger partial charge >= 0.3 is 0 Å². The van der Waals surface area contributed by atoms with Crippen LogP contribution in [0, 0.1) is 5.92 Å². The fourth-order valence-corrected chi connectivity index (χ4v) is 2.57. The molecule has 0 N–H and O–H groups in total. The van der Waals surface area contributed by atoms with Crippen LogP contribution in [0.1, 0.15) is 84.0 Å². The summed E-state index contributed by atoms with van der Waals surface area (Å²) in [6.45, 7) is 2.37. The third-order valence-electron chi connectivity index (χ3n) is 3.74. The van der Waals surface area contributed by atoms with Gasteiger partial charge in [0.25, 0.3) is 0 Å². The first-order chi connectivity index (χ1) is 7.89. The summed E-state index contributed by atoms with van der Waals surface area (Å²) in [5, 5.41) is 0. The molecule has 0 fully saturated rings. The highest BCUT2D eigenvalue weighted by Gasteiger charge is 1.98. The Labute approximate surface area is 103 Å². The minimum Gasteiger partial charge on any atom is -0.0883 e. The summed E-state index contributed by atoms with van der Waals surface area (Å²) in [7, 11) is 0. The molecule has 1 aliphatic rings. The molecule has 1 unspecified atom stereocenters. The number of hydrogen-bond acceptors (Lipinski definition) is 0. The highest BCUT2D eigenvalue weighted by Crippen LogP contribution is 2.16. The minimum absolute atomic E-state index is 0.810. The lowest BCUT2D eigenvalue weighted by Gasteiger charge is -2.05. The third-order valence-corrected chi connectivity index (χ3v) is 3.74. The standard InChI is InChI=1S/C16H30/c1-16-14-12-10-8-6-4-2-3-5-7-9-11-13-15-16/h12,14,16H,2-11,13,15H2,1H3/b14-12-. The quantitative estimate of drug-likeness (QED) is 0.449. The van der Waals surface area contributed by atoms with E-state index in [1.165, 1.54) is 77.0 Å². The first-order valence-corrected chi connectivity index (χ1v) is 7.56. The van der Waals surface area contributed by atoms with Crippen molar-refractivity contribution in [1.29, 1.82) is 0 Å². The number of hydrogen-bond donors (Lipinski definition) is 0. The summed E-state index contributed by atoms with van der Waals surface area (Å²) in [4.78, 5) is 0. The molecule has 0 amide bonds. The number of allylic oxidation sites excluding steroid dienone is 2. The van der Waals surface area contributed by atoms with E-state index in [1.807, 2.05) is 0 Å². The average Bonchev–Trinajstić information content (AvgIpc) is 2.29. The number of rotatable bonds is 0. The predicted octanol–water partition coefficient (Wildman–Crippen LogP) is 5.87. The van der Waals surface area contributed by atoms with Crippen LogP contribution in [-0.4, -0.2) is 0 Å². The van der Waals surface area contributed by atoms with Gasteiger partial charge in [0.15, 0.2) is 0 Å². The Kier molecular flexibility index (Phi) is 8.57. The van der Waals surface area contributed by atoms with Crippen LogP contribution in [0.4, 0.5) is 0 Å². The van der Waals surface area contributed by atoms with E-state index < -0.39 is 0 Å². The molecule has 0 aromatic heterocycles. The van der Waals surface area contributed by atoms with Crippen molar-refractivity contribution in [1.82, 2.24) is 0 Å². The van der Waals surface area contributed by atoms with E-state index in [4.69, 9.17) is 0 Å². The molecule has 0 saturated carbocycles. The lowest BCUT2D eigenvalue weighted by Crippen LogP contribution is -1.89. The highest BCUT2D eigenvalue weighted by molar-refractivity contribution is 4.86. The summed E-state index contributed by atoms with van der Waals surface area (Å²) in [6, 6.07) is 0.